The average molecular weight is 346 g/mol. The molecule has 0 bridgehead atoms. The summed E-state index contributed by atoms with van der Waals surface area (Å²) in [4.78, 5) is 2.42. The van der Waals surface area contributed by atoms with Crippen LogP contribution < -0.4 is 9.57 Å². The van der Waals surface area contributed by atoms with Gasteiger partial charge in [-0.3, -0.25) is 0 Å². The van der Waals surface area contributed by atoms with E-state index in [0.29, 0.717) is 18.1 Å². The van der Waals surface area contributed by atoms with E-state index in [1.54, 1.807) is 19.1 Å². The molecule has 24 heavy (non-hydrogen) atoms. The summed E-state index contributed by atoms with van der Waals surface area (Å²) in [7, 11) is -3.71. The van der Waals surface area contributed by atoms with Crippen LogP contribution in [-0.4, -0.2) is 20.7 Å². The molecule has 0 fully saturated rings. The summed E-state index contributed by atoms with van der Waals surface area (Å²) < 4.78 is 29.9. The Kier molecular flexibility index (Phi) is 5.62. The summed E-state index contributed by atoms with van der Waals surface area (Å²) in [6.07, 6.45) is 0. The number of aryl methyl sites for hydroxylation is 2. The number of sulfonamides is 1. The molecule has 2 rings (SSSR count). The number of ether oxygens (including phenoxy) is 1. The van der Waals surface area contributed by atoms with E-state index in [2.05, 4.69) is 9.93 Å². The first-order valence-corrected chi connectivity index (χ1v) is 9.18. The number of rotatable bonds is 6. The van der Waals surface area contributed by atoms with Gasteiger partial charge in [-0.05, 0) is 74.7 Å². The maximum atomic E-state index is 12.3. The zero-order valence-electron chi connectivity index (χ0n) is 14.3. The molecule has 0 radical (unpaired) electrons. The van der Waals surface area contributed by atoms with Crippen LogP contribution >= 0.6 is 0 Å². The molecule has 6 heteroatoms. The van der Waals surface area contributed by atoms with Crippen molar-refractivity contribution in [1.29, 1.82) is 0 Å². The Morgan fingerprint density at radius 3 is 2.33 bits per heavy atom. The summed E-state index contributed by atoms with van der Waals surface area (Å²) in [6, 6.07) is 12.1. The highest BCUT2D eigenvalue weighted by atomic mass is 32.2. The third-order valence-corrected chi connectivity index (χ3v) is 4.93. The van der Waals surface area contributed by atoms with Crippen molar-refractivity contribution in [3.05, 3.63) is 59.2 Å². The van der Waals surface area contributed by atoms with Crippen molar-refractivity contribution in [2.75, 3.05) is 6.61 Å². The van der Waals surface area contributed by atoms with Crippen LogP contribution in [0.4, 0.5) is 0 Å². The minimum atomic E-state index is -3.71. The smallest absolute Gasteiger partial charge is 0.276 e. The summed E-state index contributed by atoms with van der Waals surface area (Å²) in [5.74, 6) is 0.631. The van der Waals surface area contributed by atoms with Gasteiger partial charge in [0.25, 0.3) is 10.0 Å². The van der Waals surface area contributed by atoms with E-state index in [1.165, 1.54) is 17.7 Å². The molecule has 0 aliphatic heterocycles. The molecular weight excluding hydrogens is 324 g/mol. The Labute approximate surface area is 143 Å². The van der Waals surface area contributed by atoms with Crippen molar-refractivity contribution in [2.45, 2.75) is 32.6 Å². The molecule has 0 aromatic heterocycles. The molecule has 5 nitrogen and oxygen atoms in total. The molecule has 2 aromatic carbocycles. The fourth-order valence-corrected chi connectivity index (χ4v) is 2.95. The van der Waals surface area contributed by atoms with Gasteiger partial charge in [-0.1, -0.05) is 12.1 Å². The lowest BCUT2D eigenvalue weighted by atomic mass is 10.0. The molecule has 0 aliphatic carbocycles. The van der Waals surface area contributed by atoms with Crippen molar-refractivity contribution < 1.29 is 13.2 Å². The van der Waals surface area contributed by atoms with Crippen LogP contribution in [-0.2, 0) is 10.0 Å². The normalized spacial score (nSPS) is 12.1. The molecule has 0 unspecified atom stereocenters. The third kappa shape index (κ3) is 4.35. The highest BCUT2D eigenvalue weighted by Crippen LogP contribution is 2.16. The SMILES string of the molecule is CCOc1ccc(S(=O)(=O)N/N=C(\C)c2ccc(C)c(C)c2)cc1. The van der Waals surface area contributed by atoms with Gasteiger partial charge in [0, 0.05) is 0 Å². The van der Waals surface area contributed by atoms with Gasteiger partial charge in [-0.2, -0.15) is 18.4 Å². The Hall–Kier alpha value is -2.34. The zero-order chi connectivity index (χ0) is 17.7. The number of nitrogens with one attached hydrogen (secondary N) is 1. The highest BCUT2D eigenvalue weighted by Gasteiger charge is 2.13. The van der Waals surface area contributed by atoms with Crippen molar-refractivity contribution in [3.63, 3.8) is 0 Å². The van der Waals surface area contributed by atoms with Crippen molar-refractivity contribution in [2.24, 2.45) is 5.10 Å². The Balaban J connectivity index is 2.17. The van der Waals surface area contributed by atoms with E-state index < -0.39 is 10.0 Å². The van der Waals surface area contributed by atoms with Crippen LogP contribution in [0.1, 0.15) is 30.5 Å². The fraction of sp³-hybridized carbons (Fsp3) is 0.278. The van der Waals surface area contributed by atoms with Gasteiger partial charge >= 0.3 is 0 Å². The van der Waals surface area contributed by atoms with Crippen molar-refractivity contribution >= 4 is 15.7 Å². The van der Waals surface area contributed by atoms with E-state index >= 15 is 0 Å². The topological polar surface area (TPSA) is 67.8 Å². The molecule has 0 saturated carbocycles. The summed E-state index contributed by atoms with van der Waals surface area (Å²) in [6.45, 7) is 8.21. The predicted molar refractivity (Wildman–Crippen MR) is 96.1 cm³/mol. The maximum Gasteiger partial charge on any atom is 0.276 e. The lowest BCUT2D eigenvalue weighted by molar-refractivity contribution is 0.340. The minimum Gasteiger partial charge on any atom is -0.494 e. The van der Waals surface area contributed by atoms with Crippen LogP contribution in [0.2, 0.25) is 0 Å². The molecule has 0 amide bonds. The number of hydrogen-bond donors (Lipinski definition) is 1. The first-order chi connectivity index (χ1) is 11.3. The first kappa shape index (κ1) is 18.0. The molecule has 2 aromatic rings. The first-order valence-electron chi connectivity index (χ1n) is 7.70. The Bertz CT molecular complexity index is 841. The van der Waals surface area contributed by atoms with Crippen LogP contribution in [0.25, 0.3) is 0 Å². The summed E-state index contributed by atoms with van der Waals surface area (Å²) in [5, 5.41) is 4.02. The molecule has 0 heterocycles. The molecule has 0 spiro atoms. The Morgan fingerprint density at radius 1 is 1.08 bits per heavy atom. The molecule has 0 saturated heterocycles. The van der Waals surface area contributed by atoms with E-state index in [9.17, 15) is 8.42 Å². The van der Waals surface area contributed by atoms with Gasteiger partial charge in [0.1, 0.15) is 5.75 Å². The second-order valence-corrected chi connectivity index (χ2v) is 7.16. The van der Waals surface area contributed by atoms with E-state index in [4.69, 9.17) is 4.74 Å². The minimum absolute atomic E-state index is 0.141. The monoisotopic (exact) mass is 346 g/mol. The second-order valence-electron chi connectivity index (χ2n) is 5.50. The average Bonchev–Trinajstić information content (AvgIpc) is 2.56. The molecular formula is C18H22N2O3S. The van der Waals surface area contributed by atoms with Gasteiger partial charge in [0.05, 0.1) is 17.2 Å². The fourth-order valence-electron chi connectivity index (χ4n) is 2.09. The molecule has 0 atom stereocenters. The predicted octanol–water partition coefficient (Wildman–Crippen LogP) is 3.40. The van der Waals surface area contributed by atoms with Crippen molar-refractivity contribution in [1.82, 2.24) is 4.83 Å². The van der Waals surface area contributed by atoms with E-state index in [0.717, 1.165) is 11.1 Å². The number of hydrazone groups is 1. The largest absolute Gasteiger partial charge is 0.494 e. The number of nitrogens with zero attached hydrogens (tertiary/aromatic N) is 1. The summed E-state index contributed by atoms with van der Waals surface area (Å²) >= 11 is 0. The zero-order valence-corrected chi connectivity index (χ0v) is 15.1. The van der Waals surface area contributed by atoms with Crippen LogP contribution in [0, 0.1) is 13.8 Å². The van der Waals surface area contributed by atoms with Crippen LogP contribution in [0.5, 0.6) is 5.75 Å². The lowest BCUT2D eigenvalue weighted by Crippen LogP contribution is -2.20. The second kappa shape index (κ2) is 7.49. The van der Waals surface area contributed by atoms with Crippen LogP contribution in [0.15, 0.2) is 52.5 Å². The quantitative estimate of drug-likeness (QED) is 0.644. The molecule has 128 valence electrons. The van der Waals surface area contributed by atoms with Crippen LogP contribution in [0.3, 0.4) is 0 Å². The van der Waals surface area contributed by atoms with Crippen molar-refractivity contribution in [3.8, 4) is 5.75 Å². The standard InChI is InChI=1S/C18H22N2O3S/c1-5-23-17-8-10-18(11-9-17)24(21,22)20-19-15(4)16-7-6-13(2)14(3)12-16/h6-12,20H,5H2,1-4H3/b19-15+. The van der Waals surface area contributed by atoms with Gasteiger partial charge in [-0.15, -0.1) is 0 Å². The maximum absolute atomic E-state index is 12.3. The van der Waals surface area contributed by atoms with Gasteiger partial charge in [0.15, 0.2) is 0 Å². The lowest BCUT2D eigenvalue weighted by Gasteiger charge is -2.08. The highest BCUT2D eigenvalue weighted by molar-refractivity contribution is 7.89. The number of hydrogen-bond acceptors (Lipinski definition) is 4. The Morgan fingerprint density at radius 2 is 1.75 bits per heavy atom. The van der Waals surface area contributed by atoms with Gasteiger partial charge < -0.3 is 4.74 Å². The van der Waals surface area contributed by atoms with E-state index in [-0.39, 0.29) is 4.90 Å². The molecule has 0 aliphatic rings. The van der Waals surface area contributed by atoms with Gasteiger partial charge in [-0.25, -0.2) is 0 Å². The van der Waals surface area contributed by atoms with Gasteiger partial charge in [0.2, 0.25) is 0 Å². The third-order valence-electron chi connectivity index (χ3n) is 3.70. The van der Waals surface area contributed by atoms with E-state index in [1.807, 2.05) is 39.0 Å². The summed E-state index contributed by atoms with van der Waals surface area (Å²) in [5.41, 5.74) is 3.80. The molecule has 1 N–H and O–H groups in total. The number of benzene rings is 2.